The van der Waals surface area contributed by atoms with Gasteiger partial charge in [0.15, 0.2) is 0 Å². The molecule has 510 valence electrons. The Morgan fingerprint density at radius 1 is 0.274 bits per heavy atom. The average molecular weight is 1410 g/mol. The van der Waals surface area contributed by atoms with Crippen LogP contribution in [0.15, 0.2) is 354 Å². The van der Waals surface area contributed by atoms with Crippen molar-refractivity contribution in [3.63, 3.8) is 0 Å². The average Bonchev–Trinajstić information content (AvgIpc) is 1.42. The Morgan fingerprint density at radius 2 is 0.538 bits per heavy atom. The molecule has 1 fully saturated rings. The molecule has 0 atom stereocenters. The number of nitrogens with zero attached hydrogens (tertiary/aromatic N) is 10. The van der Waals surface area contributed by atoms with Crippen molar-refractivity contribution < 1.29 is 9.31 Å². The molecule has 0 bridgehead atoms. The summed E-state index contributed by atoms with van der Waals surface area (Å²) in [6.07, 6.45) is 0. The highest BCUT2D eigenvalue weighted by atomic mass is 35.5. The zero-order valence-electron chi connectivity index (χ0n) is 58.4. The molecule has 0 amide bonds. The second kappa shape index (κ2) is 28.3. The third kappa shape index (κ3) is 12.9. The summed E-state index contributed by atoms with van der Waals surface area (Å²) in [5, 5.41) is 0.844. The number of aliphatic imine (C=N–C) groups is 4. The quantitative estimate of drug-likeness (QED) is 0.133. The van der Waals surface area contributed by atoms with E-state index in [2.05, 4.69) is 288 Å². The van der Waals surface area contributed by atoms with Crippen LogP contribution < -0.4 is 5.46 Å². The summed E-state index contributed by atoms with van der Waals surface area (Å²) >= 11 is 12.5. The van der Waals surface area contributed by atoms with E-state index in [4.69, 9.17) is 57.4 Å². The first-order valence-corrected chi connectivity index (χ1v) is 35.9. The first-order valence-electron chi connectivity index (χ1n) is 35.2. The van der Waals surface area contributed by atoms with Crippen molar-refractivity contribution in [2.24, 2.45) is 20.0 Å². The van der Waals surface area contributed by atoms with Crippen molar-refractivity contribution in [2.45, 2.75) is 38.9 Å². The van der Waals surface area contributed by atoms with Gasteiger partial charge in [0.1, 0.15) is 27.8 Å². The number of hydrogen-bond donors (Lipinski definition) is 0. The molecule has 0 saturated carbocycles. The summed E-state index contributed by atoms with van der Waals surface area (Å²) in [6.45, 7) is 8.29. The smallest absolute Gasteiger partial charge is 0.399 e. The van der Waals surface area contributed by atoms with Gasteiger partial charge >= 0.3 is 7.12 Å². The van der Waals surface area contributed by atoms with Gasteiger partial charge in [0, 0.05) is 67.1 Å². The Balaban J connectivity index is 0.000000142. The minimum absolute atomic E-state index is 0.350. The van der Waals surface area contributed by atoms with Gasteiger partial charge in [-0.15, -0.1) is 0 Å². The van der Waals surface area contributed by atoms with Crippen LogP contribution in [0, 0.1) is 0 Å². The molecule has 106 heavy (non-hydrogen) atoms. The van der Waals surface area contributed by atoms with Crippen LogP contribution in [0.3, 0.4) is 0 Å². The maximum Gasteiger partial charge on any atom is 0.494 e. The number of para-hydroxylation sites is 13. The molecule has 6 heterocycles. The molecule has 0 spiro atoms. The molecule has 15 heteroatoms. The van der Waals surface area contributed by atoms with E-state index in [1.807, 2.05) is 97.1 Å². The summed E-state index contributed by atoms with van der Waals surface area (Å²) in [4.78, 5) is 34.8. The maximum atomic E-state index is 6.24. The molecule has 16 aromatic rings. The van der Waals surface area contributed by atoms with Gasteiger partial charge in [-0.3, -0.25) is 13.7 Å². The Kier molecular flexibility index (Phi) is 17.8. The minimum atomic E-state index is -0.364. The van der Waals surface area contributed by atoms with Crippen molar-refractivity contribution in [2.75, 3.05) is 0 Å². The van der Waals surface area contributed by atoms with Gasteiger partial charge in [0.2, 0.25) is 0 Å². The fourth-order valence-corrected chi connectivity index (χ4v) is 14.2. The molecule has 13 aromatic carbocycles. The Morgan fingerprint density at radius 3 is 0.877 bits per heavy atom. The number of fused-ring (bicyclic) bond motifs is 7. The third-order valence-electron chi connectivity index (χ3n) is 19.7. The second-order valence-corrected chi connectivity index (χ2v) is 27.7. The normalized spacial score (nSPS) is 14.0. The summed E-state index contributed by atoms with van der Waals surface area (Å²) in [5.74, 6) is 2.70. The first kappa shape index (κ1) is 66.7. The molecule has 12 nitrogen and oxygen atoms in total. The van der Waals surface area contributed by atoms with E-state index >= 15 is 0 Å². The Hall–Kier alpha value is -12.5. The number of benzene rings is 13. The lowest BCUT2D eigenvalue weighted by molar-refractivity contribution is 0.00578. The molecule has 0 unspecified atom stereocenters. The highest BCUT2D eigenvalue weighted by Gasteiger charge is 2.51. The molecule has 3 aliphatic rings. The maximum absolute atomic E-state index is 6.24. The number of imidazole rings is 3. The molecule has 0 radical (unpaired) electrons. The van der Waals surface area contributed by atoms with Crippen LogP contribution in [0.2, 0.25) is 0 Å². The van der Waals surface area contributed by atoms with Gasteiger partial charge in [0.05, 0.1) is 78.5 Å². The Bertz CT molecular complexity index is 5810. The summed E-state index contributed by atoms with van der Waals surface area (Å²) in [5.41, 5.74) is 23.1. The van der Waals surface area contributed by atoms with E-state index in [-0.39, 0.29) is 18.3 Å². The topological polar surface area (TPSA) is 121 Å². The Labute approximate surface area is 624 Å². The van der Waals surface area contributed by atoms with Crippen LogP contribution in [0.25, 0.3) is 84.3 Å². The molecular weight excluding hydrogens is 1350 g/mol. The predicted octanol–water partition coefficient (Wildman–Crippen LogP) is 22.0. The predicted molar refractivity (Wildman–Crippen MR) is 436 cm³/mol. The zero-order valence-corrected chi connectivity index (χ0v) is 59.9. The van der Waals surface area contributed by atoms with Crippen LogP contribution in [0.5, 0.6) is 0 Å². The summed E-state index contributed by atoms with van der Waals surface area (Å²) in [7, 11) is -0.364. The van der Waals surface area contributed by atoms with Crippen molar-refractivity contribution in [1.29, 1.82) is 0 Å². The minimum Gasteiger partial charge on any atom is -0.399 e. The lowest BCUT2D eigenvalue weighted by atomic mass is 9.79. The van der Waals surface area contributed by atoms with Crippen LogP contribution in [-0.2, 0) is 9.31 Å². The van der Waals surface area contributed by atoms with Gasteiger partial charge in [-0.05, 0) is 142 Å². The van der Waals surface area contributed by atoms with E-state index < -0.39 is 0 Å². The monoisotopic (exact) mass is 1410 g/mol. The largest absolute Gasteiger partial charge is 0.494 e. The van der Waals surface area contributed by atoms with Crippen molar-refractivity contribution >= 4 is 113 Å². The van der Waals surface area contributed by atoms with E-state index in [0.29, 0.717) is 10.3 Å². The molecule has 3 aliphatic heterocycles. The standard InChI is InChI=1S/C52H34N6.C25H25BN2O2.C14H8Cl2N2/c1-3-15-39(16-4-1)57-47-25-13-11-23-45(47)55-51(57)37-31-27-35(28-32-37)49-41-19-7-9-21-43(41)54-50(42-20-8-10-22-44(42)53-49)36-29-33-38(34-30-36)52-56-46-24-12-14-26-48(46)58(52)40-17-5-2-6-18-40;1-24(2)25(3,4)30-26(29-24)19-16-14-18(15-17-19)23-27-21-12-8-9-13-22(21)28(23)20-10-6-5-7-11-20;15-13-9-5-1-3-7-11(9)17-14(16)10-6-2-4-8-12(10)18-13/h1-34H;5-17H,1-4H3;1-8H. The molecular formula is C91H67BCl2N10O2. The highest BCUT2D eigenvalue weighted by molar-refractivity contribution is 6.72. The lowest BCUT2D eigenvalue weighted by Crippen LogP contribution is -2.41. The summed E-state index contributed by atoms with van der Waals surface area (Å²) in [6, 6.07) is 113. The molecule has 1 saturated heterocycles. The van der Waals surface area contributed by atoms with Gasteiger partial charge in [-0.25, -0.2) is 34.9 Å². The van der Waals surface area contributed by atoms with Crippen molar-refractivity contribution in [1.82, 2.24) is 28.7 Å². The van der Waals surface area contributed by atoms with E-state index in [9.17, 15) is 0 Å². The number of hydrogen-bond acceptors (Lipinski definition) is 9. The highest BCUT2D eigenvalue weighted by Crippen LogP contribution is 2.40. The molecule has 0 aliphatic carbocycles. The van der Waals surface area contributed by atoms with E-state index in [0.717, 1.165) is 157 Å². The van der Waals surface area contributed by atoms with Crippen LogP contribution in [0.4, 0.5) is 22.7 Å². The van der Waals surface area contributed by atoms with Crippen molar-refractivity contribution in [3.05, 3.63) is 367 Å². The van der Waals surface area contributed by atoms with E-state index in [1.54, 1.807) is 0 Å². The number of rotatable bonds is 9. The van der Waals surface area contributed by atoms with Gasteiger partial charge in [-0.1, -0.05) is 248 Å². The van der Waals surface area contributed by atoms with E-state index in [1.165, 1.54) is 0 Å². The van der Waals surface area contributed by atoms with Crippen LogP contribution in [-0.4, -0.2) is 68.7 Å². The van der Waals surface area contributed by atoms with Gasteiger partial charge in [0.25, 0.3) is 0 Å². The lowest BCUT2D eigenvalue weighted by Gasteiger charge is -2.32. The molecule has 19 rings (SSSR count). The van der Waals surface area contributed by atoms with Crippen LogP contribution >= 0.6 is 23.2 Å². The fraction of sp³-hybridized carbons (Fsp3) is 0.0659. The van der Waals surface area contributed by atoms with Gasteiger partial charge in [-0.2, -0.15) is 0 Å². The number of aromatic nitrogens is 6. The first-order chi connectivity index (χ1) is 51.9. The van der Waals surface area contributed by atoms with Gasteiger partial charge < -0.3 is 9.31 Å². The second-order valence-electron chi connectivity index (χ2n) is 26.9. The third-order valence-corrected chi connectivity index (χ3v) is 20.3. The SMILES string of the molecule is CC1(C)OB(c2ccc(-c3nc4ccccc4n3-c3ccccc3)cc2)OC1(C)C.ClC1=Nc2ccccc2C(Cl)=Nc2ccccc21.c1ccc(-n2c(-c3ccc(C4=Nc5ccccc5C(c5ccc(-c6nc7ccccc7n6-c6ccccc6)cc5)=Nc5ccccc54)cc3)nc3ccccc32)cc1. The zero-order chi connectivity index (χ0) is 71.9. The number of halogens is 2. The van der Waals surface area contributed by atoms with Crippen molar-refractivity contribution in [3.8, 4) is 51.2 Å². The summed E-state index contributed by atoms with van der Waals surface area (Å²) < 4.78 is 19.1. The fourth-order valence-electron chi connectivity index (χ4n) is 13.7. The van der Waals surface area contributed by atoms with Crippen LogP contribution in [0.1, 0.15) is 61.1 Å². The molecule has 0 N–H and O–H groups in total. The molecule has 3 aromatic heterocycles.